The highest BCUT2D eigenvalue weighted by molar-refractivity contribution is 6.11. The number of carbonyl (C=O) groups excluding carboxylic acids is 3. The van der Waals surface area contributed by atoms with Gasteiger partial charge in [0, 0.05) is 6.54 Å². The van der Waals surface area contributed by atoms with Crippen LogP contribution < -0.4 is 11.1 Å². The van der Waals surface area contributed by atoms with Crippen LogP contribution >= 0.6 is 0 Å². The van der Waals surface area contributed by atoms with E-state index in [-0.39, 0.29) is 11.8 Å². The van der Waals surface area contributed by atoms with Crippen LogP contribution in [0.4, 0.5) is 0 Å². The van der Waals surface area contributed by atoms with Crippen molar-refractivity contribution in [1.29, 1.82) is 0 Å². The molecule has 0 aromatic carbocycles. The molecule has 2 aliphatic heterocycles. The number of carbonyl (C=O) groups is 3. The van der Waals surface area contributed by atoms with Crippen LogP contribution in [0, 0.1) is 0 Å². The van der Waals surface area contributed by atoms with Gasteiger partial charge in [-0.3, -0.25) is 14.4 Å². The van der Waals surface area contributed by atoms with E-state index < -0.39 is 17.5 Å². The van der Waals surface area contributed by atoms with E-state index in [1.165, 1.54) is 4.90 Å². The maximum atomic E-state index is 11.8. The number of rotatable bonds is 1. The lowest BCUT2D eigenvalue weighted by atomic mass is 9.93. The molecule has 15 heavy (non-hydrogen) atoms. The van der Waals surface area contributed by atoms with Crippen molar-refractivity contribution in [3.63, 3.8) is 0 Å². The number of primary amides is 1. The summed E-state index contributed by atoms with van der Waals surface area (Å²) in [6.45, 7) is 2.23. The van der Waals surface area contributed by atoms with Gasteiger partial charge in [-0.25, -0.2) is 0 Å². The molecule has 82 valence electrons. The van der Waals surface area contributed by atoms with Crippen molar-refractivity contribution < 1.29 is 14.4 Å². The summed E-state index contributed by atoms with van der Waals surface area (Å²) >= 11 is 0. The van der Waals surface area contributed by atoms with E-state index >= 15 is 0 Å². The number of hydrogen-bond acceptors (Lipinski definition) is 3. The quantitative estimate of drug-likeness (QED) is 0.509. The number of piperazine rings is 1. The normalized spacial score (nSPS) is 35.0. The highest BCUT2D eigenvalue weighted by Gasteiger charge is 2.53. The highest BCUT2D eigenvalue weighted by Crippen LogP contribution is 2.32. The number of amides is 3. The van der Waals surface area contributed by atoms with Crippen molar-refractivity contribution in [3.8, 4) is 0 Å². The van der Waals surface area contributed by atoms with Crippen LogP contribution in [0.25, 0.3) is 0 Å². The number of nitrogens with two attached hydrogens (primary N) is 1. The topological polar surface area (TPSA) is 92.5 Å². The predicted molar refractivity (Wildman–Crippen MR) is 50.5 cm³/mol. The number of nitrogens with one attached hydrogen (secondary N) is 1. The SMILES string of the molecule is CC12CCCN1C(=O)C(C(N)=O)NC2=O. The average Bonchev–Trinajstić information content (AvgIpc) is 2.55. The zero-order valence-electron chi connectivity index (χ0n) is 8.45. The van der Waals surface area contributed by atoms with E-state index in [0.717, 1.165) is 6.42 Å². The Morgan fingerprint density at radius 3 is 2.87 bits per heavy atom. The van der Waals surface area contributed by atoms with Gasteiger partial charge in [0.2, 0.25) is 11.8 Å². The summed E-state index contributed by atoms with van der Waals surface area (Å²) in [6.07, 6.45) is 1.41. The summed E-state index contributed by atoms with van der Waals surface area (Å²) in [4.78, 5) is 36.0. The van der Waals surface area contributed by atoms with Crippen LogP contribution in [0.15, 0.2) is 0 Å². The first-order chi connectivity index (χ1) is 6.97. The molecule has 2 atom stereocenters. The fourth-order valence-corrected chi connectivity index (χ4v) is 2.25. The summed E-state index contributed by atoms with van der Waals surface area (Å²) in [7, 11) is 0. The molecule has 2 unspecified atom stereocenters. The minimum Gasteiger partial charge on any atom is -0.367 e. The molecule has 0 radical (unpaired) electrons. The van der Waals surface area contributed by atoms with E-state index in [0.29, 0.717) is 13.0 Å². The van der Waals surface area contributed by atoms with Gasteiger partial charge in [0.05, 0.1) is 0 Å². The average molecular weight is 211 g/mol. The first kappa shape index (κ1) is 9.95. The standard InChI is InChI=1S/C9H13N3O3/c1-9-3-2-4-12(9)7(14)5(6(10)13)11-8(9)15/h5H,2-4H2,1H3,(H2,10,13)(H,11,15). The smallest absolute Gasteiger partial charge is 0.255 e. The van der Waals surface area contributed by atoms with Crippen LogP contribution in [0.5, 0.6) is 0 Å². The van der Waals surface area contributed by atoms with Gasteiger partial charge in [-0.15, -0.1) is 0 Å². The van der Waals surface area contributed by atoms with E-state index in [4.69, 9.17) is 5.73 Å². The molecule has 2 fully saturated rings. The fourth-order valence-electron chi connectivity index (χ4n) is 2.25. The molecule has 0 aliphatic carbocycles. The van der Waals surface area contributed by atoms with Gasteiger partial charge in [0.15, 0.2) is 6.04 Å². The van der Waals surface area contributed by atoms with Crippen LogP contribution in [0.2, 0.25) is 0 Å². The molecule has 0 bridgehead atoms. The maximum absolute atomic E-state index is 11.8. The Balaban J connectivity index is 2.34. The van der Waals surface area contributed by atoms with E-state index in [9.17, 15) is 14.4 Å². The van der Waals surface area contributed by atoms with Crippen molar-refractivity contribution in [3.05, 3.63) is 0 Å². The van der Waals surface area contributed by atoms with Crippen LogP contribution in [0.3, 0.4) is 0 Å². The van der Waals surface area contributed by atoms with Crippen LogP contribution in [-0.2, 0) is 14.4 Å². The fraction of sp³-hybridized carbons (Fsp3) is 0.667. The Bertz CT molecular complexity index is 355. The Morgan fingerprint density at radius 2 is 2.27 bits per heavy atom. The Morgan fingerprint density at radius 1 is 1.60 bits per heavy atom. The Hall–Kier alpha value is -1.59. The van der Waals surface area contributed by atoms with E-state index in [1.807, 2.05) is 0 Å². The third kappa shape index (κ3) is 1.20. The van der Waals surface area contributed by atoms with Crippen LogP contribution in [0.1, 0.15) is 19.8 Å². The van der Waals surface area contributed by atoms with E-state index in [1.54, 1.807) is 6.92 Å². The highest BCUT2D eigenvalue weighted by atomic mass is 16.2. The molecular formula is C9H13N3O3. The molecule has 2 saturated heterocycles. The van der Waals surface area contributed by atoms with Gasteiger partial charge in [-0.1, -0.05) is 0 Å². The molecule has 0 saturated carbocycles. The first-order valence-corrected chi connectivity index (χ1v) is 4.88. The third-order valence-electron chi connectivity index (χ3n) is 3.20. The lowest BCUT2D eigenvalue weighted by Gasteiger charge is -2.40. The number of fused-ring (bicyclic) bond motifs is 1. The summed E-state index contributed by atoms with van der Waals surface area (Å²) < 4.78 is 0. The largest absolute Gasteiger partial charge is 0.367 e. The van der Waals surface area contributed by atoms with Gasteiger partial charge < -0.3 is 16.0 Å². The minimum atomic E-state index is -1.19. The van der Waals surface area contributed by atoms with Gasteiger partial charge in [-0.05, 0) is 19.8 Å². The molecule has 6 heteroatoms. The van der Waals surface area contributed by atoms with Gasteiger partial charge in [0.1, 0.15) is 5.54 Å². The summed E-state index contributed by atoms with van der Waals surface area (Å²) in [5, 5.41) is 2.37. The van der Waals surface area contributed by atoms with Crippen molar-refractivity contribution in [2.45, 2.75) is 31.3 Å². The lowest BCUT2D eigenvalue weighted by molar-refractivity contribution is -0.155. The van der Waals surface area contributed by atoms with Gasteiger partial charge >= 0.3 is 0 Å². The summed E-state index contributed by atoms with van der Waals surface area (Å²) in [5.41, 5.74) is 4.26. The molecule has 3 amide bonds. The monoisotopic (exact) mass is 211 g/mol. The molecular weight excluding hydrogens is 198 g/mol. The molecule has 0 aromatic heterocycles. The molecule has 2 rings (SSSR count). The van der Waals surface area contributed by atoms with Crippen molar-refractivity contribution in [2.75, 3.05) is 6.54 Å². The molecule has 2 heterocycles. The van der Waals surface area contributed by atoms with Crippen LogP contribution in [-0.4, -0.2) is 40.7 Å². The van der Waals surface area contributed by atoms with Crippen molar-refractivity contribution >= 4 is 17.7 Å². The molecule has 6 nitrogen and oxygen atoms in total. The number of hydrogen-bond donors (Lipinski definition) is 2. The van der Waals surface area contributed by atoms with Gasteiger partial charge in [-0.2, -0.15) is 0 Å². The van der Waals surface area contributed by atoms with Crippen molar-refractivity contribution in [2.24, 2.45) is 5.73 Å². The summed E-state index contributed by atoms with van der Waals surface area (Å²) in [6, 6.07) is -1.19. The van der Waals surface area contributed by atoms with Gasteiger partial charge in [0.25, 0.3) is 5.91 Å². The van der Waals surface area contributed by atoms with Crippen molar-refractivity contribution in [1.82, 2.24) is 10.2 Å². The molecule has 3 N–H and O–H groups in total. The van der Waals surface area contributed by atoms with E-state index in [2.05, 4.69) is 5.32 Å². The number of nitrogens with zero attached hydrogens (tertiary/aromatic N) is 1. The lowest BCUT2D eigenvalue weighted by Crippen LogP contribution is -2.69. The first-order valence-electron chi connectivity index (χ1n) is 4.88. The zero-order chi connectivity index (χ0) is 11.2. The molecule has 2 aliphatic rings. The Kier molecular flexibility index (Phi) is 1.95. The molecule has 0 spiro atoms. The maximum Gasteiger partial charge on any atom is 0.255 e. The third-order valence-corrected chi connectivity index (χ3v) is 3.20. The second-order valence-corrected chi connectivity index (χ2v) is 4.18. The zero-order valence-corrected chi connectivity index (χ0v) is 8.45. The Labute approximate surface area is 86.8 Å². The predicted octanol–water partition coefficient (Wildman–Crippen LogP) is -1.65. The summed E-state index contributed by atoms with van der Waals surface area (Å²) in [5.74, 6) is -1.48. The second-order valence-electron chi connectivity index (χ2n) is 4.18. The minimum absolute atomic E-state index is 0.289. The second kappa shape index (κ2) is 2.95. The molecule has 0 aromatic rings.